The van der Waals surface area contributed by atoms with Gasteiger partial charge in [-0.25, -0.2) is 0 Å². The standard InChI is InChI=1S/C25H34O3/c1-17-11-9-13-20(24(3,4)5)22(17)27-15-19(26)16-28-23-18(2)12-10-14-21(23)25(6,7)8/h9-14H,15-16H2,1-8H3. The van der Waals surface area contributed by atoms with E-state index in [1.165, 1.54) is 0 Å². The zero-order valence-corrected chi connectivity index (χ0v) is 18.6. The zero-order valence-electron chi connectivity index (χ0n) is 18.6. The first-order valence-electron chi connectivity index (χ1n) is 9.88. The monoisotopic (exact) mass is 382 g/mol. The van der Waals surface area contributed by atoms with Crippen LogP contribution in [0.2, 0.25) is 0 Å². The van der Waals surface area contributed by atoms with E-state index in [9.17, 15) is 4.79 Å². The number of hydrogen-bond donors (Lipinski definition) is 0. The largest absolute Gasteiger partial charge is 0.485 e. The van der Waals surface area contributed by atoms with Crippen LogP contribution in [0.25, 0.3) is 0 Å². The van der Waals surface area contributed by atoms with Crippen molar-refractivity contribution in [2.45, 2.75) is 66.2 Å². The van der Waals surface area contributed by atoms with Crippen LogP contribution in [0.15, 0.2) is 36.4 Å². The van der Waals surface area contributed by atoms with Gasteiger partial charge in [-0.1, -0.05) is 77.9 Å². The lowest BCUT2D eigenvalue weighted by Gasteiger charge is -2.25. The molecule has 0 unspecified atom stereocenters. The number of aryl methyl sites for hydroxylation is 2. The summed E-state index contributed by atoms with van der Waals surface area (Å²) in [6.45, 7) is 16.9. The number of carbonyl (C=O) groups excluding carboxylic acids is 1. The Morgan fingerprint density at radius 1 is 0.714 bits per heavy atom. The van der Waals surface area contributed by atoms with Crippen LogP contribution in [0.3, 0.4) is 0 Å². The van der Waals surface area contributed by atoms with Crippen molar-refractivity contribution in [1.82, 2.24) is 0 Å². The van der Waals surface area contributed by atoms with Gasteiger partial charge in [0, 0.05) is 0 Å². The van der Waals surface area contributed by atoms with Gasteiger partial charge in [-0.3, -0.25) is 4.79 Å². The van der Waals surface area contributed by atoms with Crippen molar-refractivity contribution in [3.63, 3.8) is 0 Å². The summed E-state index contributed by atoms with van der Waals surface area (Å²) >= 11 is 0. The molecule has 0 bridgehead atoms. The second kappa shape index (κ2) is 8.38. The molecule has 0 atom stereocenters. The summed E-state index contributed by atoms with van der Waals surface area (Å²) in [5, 5.41) is 0. The second-order valence-corrected chi connectivity index (χ2v) is 9.52. The topological polar surface area (TPSA) is 35.5 Å². The molecule has 0 aliphatic heterocycles. The number of benzene rings is 2. The van der Waals surface area contributed by atoms with Crippen molar-refractivity contribution in [1.29, 1.82) is 0 Å². The maximum absolute atomic E-state index is 12.5. The SMILES string of the molecule is Cc1cccc(C(C)(C)C)c1OCC(=O)COc1c(C)cccc1C(C)(C)C. The highest BCUT2D eigenvalue weighted by Crippen LogP contribution is 2.35. The Kier molecular flexibility index (Phi) is 6.59. The number of Topliss-reactive ketones (excluding diaryl/α,β-unsaturated/α-hetero) is 1. The van der Waals surface area contributed by atoms with E-state index in [1.807, 2.05) is 38.1 Å². The van der Waals surface area contributed by atoms with Crippen LogP contribution in [0.1, 0.15) is 63.8 Å². The van der Waals surface area contributed by atoms with Crippen molar-refractivity contribution in [3.05, 3.63) is 58.7 Å². The maximum Gasteiger partial charge on any atom is 0.207 e. The first-order valence-corrected chi connectivity index (χ1v) is 9.88. The first-order chi connectivity index (χ1) is 12.9. The van der Waals surface area contributed by atoms with E-state index in [0.717, 1.165) is 33.8 Å². The first kappa shape index (κ1) is 22.0. The Morgan fingerprint density at radius 2 is 1.07 bits per heavy atom. The van der Waals surface area contributed by atoms with E-state index >= 15 is 0 Å². The number of para-hydroxylation sites is 2. The minimum absolute atomic E-state index is 0.00463. The smallest absolute Gasteiger partial charge is 0.207 e. The third-order valence-electron chi connectivity index (χ3n) is 4.79. The maximum atomic E-state index is 12.5. The van der Waals surface area contributed by atoms with E-state index in [4.69, 9.17) is 9.47 Å². The van der Waals surface area contributed by atoms with Crippen molar-refractivity contribution in [2.24, 2.45) is 0 Å². The number of ketones is 1. The van der Waals surface area contributed by atoms with E-state index in [0.29, 0.717) is 0 Å². The van der Waals surface area contributed by atoms with Gasteiger partial charge in [0.05, 0.1) is 0 Å². The summed E-state index contributed by atoms with van der Waals surface area (Å²) in [6.07, 6.45) is 0. The number of ether oxygens (including phenoxy) is 2. The van der Waals surface area contributed by atoms with Crippen molar-refractivity contribution in [2.75, 3.05) is 13.2 Å². The third kappa shape index (κ3) is 5.37. The van der Waals surface area contributed by atoms with E-state index < -0.39 is 0 Å². The van der Waals surface area contributed by atoms with E-state index in [1.54, 1.807) is 0 Å². The molecule has 0 radical (unpaired) electrons. The molecule has 3 nitrogen and oxygen atoms in total. The molecule has 3 heteroatoms. The molecule has 0 heterocycles. The number of carbonyl (C=O) groups is 1. The average molecular weight is 383 g/mol. The molecule has 0 aromatic heterocycles. The minimum atomic E-state index is -0.0776. The zero-order chi connectivity index (χ0) is 21.1. The molecule has 0 saturated heterocycles. The third-order valence-corrected chi connectivity index (χ3v) is 4.79. The Morgan fingerprint density at radius 3 is 1.39 bits per heavy atom. The molecule has 0 amide bonds. The molecule has 0 fully saturated rings. The highest BCUT2D eigenvalue weighted by atomic mass is 16.5. The quantitative estimate of drug-likeness (QED) is 0.621. The molecular weight excluding hydrogens is 348 g/mol. The van der Waals surface area contributed by atoms with Gasteiger partial charge in [0.2, 0.25) is 5.78 Å². The number of hydrogen-bond acceptors (Lipinski definition) is 3. The summed E-state index contributed by atoms with van der Waals surface area (Å²) in [6, 6.07) is 12.2. The van der Waals surface area contributed by atoms with Gasteiger partial charge >= 0.3 is 0 Å². The Labute approximate surface area is 170 Å². The predicted molar refractivity (Wildman–Crippen MR) is 116 cm³/mol. The minimum Gasteiger partial charge on any atom is -0.485 e. The van der Waals surface area contributed by atoms with Gasteiger partial charge in [0.15, 0.2) is 13.2 Å². The van der Waals surface area contributed by atoms with Crippen molar-refractivity contribution in [3.8, 4) is 11.5 Å². The summed E-state index contributed by atoms with van der Waals surface area (Å²) in [5.74, 6) is 1.52. The molecular formula is C25H34O3. The summed E-state index contributed by atoms with van der Waals surface area (Å²) in [5.41, 5.74) is 4.18. The Bertz CT molecular complexity index is 766. The van der Waals surface area contributed by atoms with Gasteiger partial charge in [-0.15, -0.1) is 0 Å². The summed E-state index contributed by atoms with van der Waals surface area (Å²) in [4.78, 5) is 12.5. The highest BCUT2D eigenvalue weighted by molar-refractivity contribution is 5.81. The lowest BCUT2D eigenvalue weighted by atomic mass is 9.85. The average Bonchev–Trinajstić information content (AvgIpc) is 2.57. The highest BCUT2D eigenvalue weighted by Gasteiger charge is 2.22. The van der Waals surface area contributed by atoms with Crippen LogP contribution in [-0.2, 0) is 15.6 Å². The van der Waals surface area contributed by atoms with Gasteiger partial charge < -0.3 is 9.47 Å². The van der Waals surface area contributed by atoms with Crippen LogP contribution in [-0.4, -0.2) is 19.0 Å². The summed E-state index contributed by atoms with van der Waals surface area (Å²) in [7, 11) is 0. The Hall–Kier alpha value is -2.29. The fraction of sp³-hybridized carbons (Fsp3) is 0.480. The van der Waals surface area contributed by atoms with E-state index in [-0.39, 0.29) is 29.8 Å². The van der Waals surface area contributed by atoms with Gasteiger partial charge in [-0.05, 0) is 46.9 Å². The van der Waals surface area contributed by atoms with Crippen LogP contribution in [0.4, 0.5) is 0 Å². The molecule has 2 aromatic carbocycles. The number of rotatable bonds is 6. The molecule has 2 rings (SSSR count). The fourth-order valence-electron chi connectivity index (χ4n) is 3.22. The molecule has 0 saturated carbocycles. The van der Waals surface area contributed by atoms with Crippen molar-refractivity contribution < 1.29 is 14.3 Å². The molecule has 0 N–H and O–H groups in total. The van der Waals surface area contributed by atoms with Crippen LogP contribution < -0.4 is 9.47 Å². The molecule has 0 spiro atoms. The predicted octanol–water partition coefficient (Wildman–Crippen LogP) is 5.93. The molecule has 2 aromatic rings. The fourth-order valence-corrected chi connectivity index (χ4v) is 3.22. The molecule has 28 heavy (non-hydrogen) atoms. The lowest BCUT2D eigenvalue weighted by Crippen LogP contribution is -2.23. The molecule has 152 valence electrons. The van der Waals surface area contributed by atoms with Gasteiger partial charge in [0.1, 0.15) is 11.5 Å². The normalized spacial score (nSPS) is 12.0. The van der Waals surface area contributed by atoms with Crippen LogP contribution >= 0.6 is 0 Å². The Balaban J connectivity index is 2.09. The lowest BCUT2D eigenvalue weighted by molar-refractivity contribution is -0.123. The summed E-state index contributed by atoms with van der Waals surface area (Å²) < 4.78 is 11.9. The van der Waals surface area contributed by atoms with Gasteiger partial charge in [-0.2, -0.15) is 0 Å². The van der Waals surface area contributed by atoms with Crippen molar-refractivity contribution >= 4 is 5.78 Å². The molecule has 0 aliphatic carbocycles. The van der Waals surface area contributed by atoms with Gasteiger partial charge in [0.25, 0.3) is 0 Å². The van der Waals surface area contributed by atoms with Crippen LogP contribution in [0.5, 0.6) is 11.5 Å². The second-order valence-electron chi connectivity index (χ2n) is 9.52. The van der Waals surface area contributed by atoms with Crippen LogP contribution in [0, 0.1) is 13.8 Å². The van der Waals surface area contributed by atoms with E-state index in [2.05, 4.69) is 53.7 Å². The molecule has 0 aliphatic rings.